The van der Waals surface area contributed by atoms with Crippen molar-refractivity contribution >= 4 is 13.9 Å². The Labute approximate surface area is 118 Å². The van der Waals surface area contributed by atoms with E-state index in [1.807, 2.05) is 0 Å². The normalized spacial score (nSPS) is 13.2. The Morgan fingerprint density at radius 3 is 2.30 bits per heavy atom. The smallest absolute Gasteiger partial charge is 0.350 e. The van der Waals surface area contributed by atoms with Gasteiger partial charge in [-0.25, -0.2) is 13.8 Å². The molecule has 1 aromatic rings. The van der Waals surface area contributed by atoms with Gasteiger partial charge in [0.2, 0.25) is 5.66 Å². The van der Waals surface area contributed by atoms with Crippen LogP contribution in [0.25, 0.3) is 0 Å². The van der Waals surface area contributed by atoms with Crippen LogP contribution in [-0.2, 0) is 20.3 Å². The third kappa shape index (κ3) is 4.15. The standard InChI is InChI=1S/C13H19O6P/c1-3-18-20(17,19-4-2)12(13(15)16)9-10-7-5-6-8-11(10)14/h5-8,12,14H,3-4,9H2,1-2H3,(H,15,16)/p-1. The molecule has 0 aromatic heterocycles. The molecule has 1 unspecified atom stereocenters. The quantitative estimate of drug-likeness (QED) is 0.717. The van der Waals surface area contributed by atoms with Gasteiger partial charge in [-0.15, -0.1) is 5.75 Å². The van der Waals surface area contributed by atoms with Crippen LogP contribution in [0.4, 0.5) is 0 Å². The van der Waals surface area contributed by atoms with Crippen LogP contribution in [0.2, 0.25) is 0 Å². The van der Waals surface area contributed by atoms with E-state index >= 15 is 0 Å². The van der Waals surface area contributed by atoms with E-state index in [1.54, 1.807) is 26.0 Å². The zero-order valence-electron chi connectivity index (χ0n) is 11.4. The van der Waals surface area contributed by atoms with Gasteiger partial charge < -0.3 is 15.1 Å². The molecule has 0 aliphatic heterocycles. The minimum absolute atomic E-state index is 0.0695. The molecule has 1 rings (SSSR count). The molecule has 0 amide bonds. The van der Waals surface area contributed by atoms with Crippen LogP contribution >= 0.6 is 7.94 Å². The highest BCUT2D eigenvalue weighted by atomic mass is 31.2. The summed E-state index contributed by atoms with van der Waals surface area (Å²) in [7, 11) is -3.81. The topological polar surface area (TPSA) is 102 Å². The first-order chi connectivity index (χ1) is 9.44. The molecule has 20 heavy (non-hydrogen) atoms. The first-order valence-electron chi connectivity index (χ1n) is 6.31. The molecule has 0 radical (unpaired) electrons. The molecule has 6 nitrogen and oxygen atoms in total. The fourth-order valence-electron chi connectivity index (χ4n) is 1.79. The first kappa shape index (κ1) is 16.9. The lowest BCUT2D eigenvalue weighted by atomic mass is 10.1. The monoisotopic (exact) mass is 301 g/mol. The summed E-state index contributed by atoms with van der Waals surface area (Å²) in [4.78, 5) is 23.9. The van der Waals surface area contributed by atoms with Crippen molar-refractivity contribution in [1.82, 2.24) is 0 Å². The zero-order chi connectivity index (χ0) is 15.2. The molecule has 0 saturated heterocycles. The van der Waals surface area contributed by atoms with E-state index in [0.717, 1.165) is 0 Å². The highest BCUT2D eigenvalue weighted by Gasteiger charge is 2.46. The maximum Gasteiger partial charge on any atom is 0.350 e. The van der Waals surface area contributed by atoms with Gasteiger partial charge in [0.1, 0.15) is 0 Å². The van der Waals surface area contributed by atoms with Crippen molar-refractivity contribution < 1.29 is 28.9 Å². The summed E-state index contributed by atoms with van der Waals surface area (Å²) in [5.74, 6) is -1.60. The van der Waals surface area contributed by atoms with Crippen LogP contribution in [0.3, 0.4) is 0 Å². The molecular formula is C13H18O6P-. The van der Waals surface area contributed by atoms with Crippen molar-refractivity contribution in [2.75, 3.05) is 13.2 Å². The van der Waals surface area contributed by atoms with Gasteiger partial charge in [0, 0.05) is 6.42 Å². The Morgan fingerprint density at radius 1 is 1.30 bits per heavy atom. The van der Waals surface area contributed by atoms with Crippen LogP contribution in [0.5, 0.6) is 5.75 Å². The maximum atomic E-state index is 12.5. The molecule has 1 atom stereocenters. The van der Waals surface area contributed by atoms with Crippen molar-refractivity contribution in [3.8, 4) is 5.75 Å². The van der Waals surface area contributed by atoms with E-state index in [4.69, 9.17) is 9.05 Å². The molecule has 0 fully saturated rings. The van der Waals surface area contributed by atoms with Crippen LogP contribution < -0.4 is 10.00 Å². The first-order valence-corrected chi connectivity index (χ1v) is 7.92. The summed E-state index contributed by atoms with van der Waals surface area (Å²) in [5, 5.41) is 20.9. The number of rotatable bonds is 8. The summed E-state index contributed by atoms with van der Waals surface area (Å²) in [5.41, 5.74) is -1.11. The number of para-hydroxylation sites is 1. The molecule has 0 bridgehead atoms. The summed E-state index contributed by atoms with van der Waals surface area (Å²) < 4.78 is 10.1. The van der Waals surface area contributed by atoms with Gasteiger partial charge in [-0.3, -0.25) is 0 Å². The van der Waals surface area contributed by atoms with Crippen molar-refractivity contribution in [3.63, 3.8) is 0 Å². The Bertz CT molecular complexity index is 444. The number of hydrogen-bond acceptors (Lipinski definition) is 5. The van der Waals surface area contributed by atoms with E-state index in [-0.39, 0.29) is 30.9 Å². The minimum Gasteiger partial charge on any atom is -0.872 e. The molecular weight excluding hydrogens is 283 g/mol. The van der Waals surface area contributed by atoms with Crippen molar-refractivity contribution in [1.29, 1.82) is 0 Å². The second-order valence-corrected chi connectivity index (χ2v) is 6.26. The van der Waals surface area contributed by atoms with Crippen molar-refractivity contribution in [3.05, 3.63) is 29.8 Å². The Hall–Kier alpha value is -1.20. The van der Waals surface area contributed by atoms with Crippen LogP contribution in [-0.4, -0.2) is 29.9 Å². The highest BCUT2D eigenvalue weighted by Crippen LogP contribution is 2.58. The summed E-state index contributed by atoms with van der Waals surface area (Å²) in [6.45, 7) is 3.35. The van der Waals surface area contributed by atoms with E-state index in [1.165, 1.54) is 12.1 Å². The Morgan fingerprint density at radius 2 is 1.85 bits per heavy atom. The molecule has 7 heteroatoms. The second kappa shape index (κ2) is 7.55. The average Bonchev–Trinajstić information content (AvgIpc) is 2.37. The summed E-state index contributed by atoms with van der Waals surface area (Å²) in [6.07, 6.45) is -0.188. The van der Waals surface area contributed by atoms with Crippen LogP contribution in [0, 0.1) is 0 Å². The predicted molar refractivity (Wildman–Crippen MR) is 71.2 cm³/mol. The largest absolute Gasteiger partial charge is 0.872 e. The van der Waals surface area contributed by atoms with E-state index in [9.17, 15) is 19.9 Å². The minimum atomic E-state index is -3.81. The lowest BCUT2D eigenvalue weighted by Gasteiger charge is -2.32. The van der Waals surface area contributed by atoms with Crippen molar-refractivity contribution in [2.45, 2.75) is 25.9 Å². The zero-order valence-corrected chi connectivity index (χ0v) is 12.3. The number of hydrogen-bond donors (Lipinski definition) is 1. The van der Waals surface area contributed by atoms with E-state index < -0.39 is 19.6 Å². The molecule has 1 N–H and O–H groups in total. The van der Waals surface area contributed by atoms with Gasteiger partial charge in [0.05, 0.1) is 13.2 Å². The fraction of sp³-hybridized carbons (Fsp3) is 0.462. The maximum absolute atomic E-state index is 12.5. The van der Waals surface area contributed by atoms with Gasteiger partial charge in [-0.1, -0.05) is 29.8 Å². The Kier molecular flexibility index (Phi) is 6.36. The van der Waals surface area contributed by atoms with Crippen LogP contribution in [0.15, 0.2) is 24.3 Å². The van der Waals surface area contributed by atoms with Gasteiger partial charge in [-0.2, -0.15) is 0 Å². The van der Waals surface area contributed by atoms with Crippen LogP contribution in [0.1, 0.15) is 19.4 Å². The third-order valence-electron chi connectivity index (χ3n) is 2.67. The van der Waals surface area contributed by atoms with Crippen molar-refractivity contribution in [2.24, 2.45) is 0 Å². The van der Waals surface area contributed by atoms with Gasteiger partial charge in [0.15, 0.2) is 0 Å². The molecule has 0 aliphatic carbocycles. The number of carboxylic acid groups (broad SMARTS) is 1. The van der Waals surface area contributed by atoms with Gasteiger partial charge in [0.25, 0.3) is 7.94 Å². The van der Waals surface area contributed by atoms with Gasteiger partial charge in [-0.05, 0) is 13.8 Å². The lowest BCUT2D eigenvalue weighted by Crippen LogP contribution is -2.35. The average molecular weight is 301 g/mol. The second-order valence-electron chi connectivity index (χ2n) is 4.04. The third-order valence-corrected chi connectivity index (χ3v) is 5.07. The summed E-state index contributed by atoms with van der Waals surface area (Å²) >= 11 is 0. The van der Waals surface area contributed by atoms with E-state index in [2.05, 4.69) is 0 Å². The number of carboxylic acids is 1. The predicted octanol–water partition coefficient (Wildman–Crippen LogP) is 0.952. The number of benzene rings is 1. The molecule has 0 heterocycles. The number of carbonyl (C=O) groups is 1. The molecule has 0 spiro atoms. The van der Waals surface area contributed by atoms with Gasteiger partial charge >= 0.3 is 5.97 Å². The molecule has 112 valence electrons. The highest BCUT2D eigenvalue weighted by molar-refractivity contribution is 7.61. The number of aliphatic carboxylic acids is 1. The fourth-order valence-corrected chi connectivity index (χ4v) is 3.64. The Balaban J connectivity index is 3.04. The molecule has 0 saturated carbocycles. The SMILES string of the molecule is CCO[P+]([O-])(OCC)C(Cc1ccccc1[O-])C(=O)O. The van der Waals surface area contributed by atoms with E-state index in [0.29, 0.717) is 0 Å². The lowest BCUT2D eigenvalue weighted by molar-refractivity contribution is -0.269. The molecule has 0 aliphatic rings. The molecule has 1 aromatic carbocycles. The summed E-state index contributed by atoms with van der Waals surface area (Å²) in [6, 6.07) is 6.04.